The van der Waals surface area contributed by atoms with Gasteiger partial charge in [0.1, 0.15) is 0 Å². The number of rotatable bonds is 5. The summed E-state index contributed by atoms with van der Waals surface area (Å²) in [6.45, 7) is 4.79. The molecule has 1 aromatic carbocycles. The zero-order valence-electron chi connectivity index (χ0n) is 11.1. The maximum Gasteiger partial charge on any atom is 0.249 e. The summed E-state index contributed by atoms with van der Waals surface area (Å²) >= 11 is 0. The van der Waals surface area contributed by atoms with Gasteiger partial charge in [-0.2, -0.15) is 0 Å². The molecule has 0 aliphatic carbocycles. The highest BCUT2D eigenvalue weighted by molar-refractivity contribution is 6.01. The fourth-order valence-corrected chi connectivity index (χ4v) is 1.45. The van der Waals surface area contributed by atoms with Crippen molar-refractivity contribution < 1.29 is 9.59 Å². The van der Waals surface area contributed by atoms with Crippen LogP contribution in [0.1, 0.15) is 52.5 Å². The molecule has 1 amide bonds. The molecule has 0 spiro atoms. The van der Waals surface area contributed by atoms with Crippen molar-refractivity contribution in [1.82, 2.24) is 0 Å². The van der Waals surface area contributed by atoms with E-state index in [1.807, 2.05) is 0 Å². The SMILES string of the molecule is CCCCCN.Cc1cccc(C(N)=O)c1C=O. The molecular formula is C14H22N2O2. The molecule has 0 aromatic heterocycles. The largest absolute Gasteiger partial charge is 0.366 e. The average molecular weight is 250 g/mol. The molecule has 0 aliphatic rings. The second kappa shape index (κ2) is 9.36. The summed E-state index contributed by atoms with van der Waals surface area (Å²) in [4.78, 5) is 21.3. The highest BCUT2D eigenvalue weighted by atomic mass is 16.1. The number of benzene rings is 1. The second-order valence-corrected chi connectivity index (χ2v) is 4.01. The van der Waals surface area contributed by atoms with Gasteiger partial charge in [0.2, 0.25) is 5.91 Å². The molecule has 0 bridgehead atoms. The van der Waals surface area contributed by atoms with Crippen LogP contribution in [0.2, 0.25) is 0 Å². The number of nitrogens with two attached hydrogens (primary N) is 2. The molecule has 1 rings (SSSR count). The Bertz CT molecular complexity index is 385. The number of aryl methyl sites for hydroxylation is 1. The number of carbonyl (C=O) groups is 2. The van der Waals surface area contributed by atoms with E-state index in [-0.39, 0.29) is 5.56 Å². The Morgan fingerprint density at radius 2 is 2.00 bits per heavy atom. The van der Waals surface area contributed by atoms with Crippen molar-refractivity contribution in [3.63, 3.8) is 0 Å². The van der Waals surface area contributed by atoms with E-state index in [0.29, 0.717) is 11.8 Å². The smallest absolute Gasteiger partial charge is 0.249 e. The van der Waals surface area contributed by atoms with Crippen LogP contribution in [-0.2, 0) is 0 Å². The van der Waals surface area contributed by atoms with Crippen LogP contribution in [0, 0.1) is 6.92 Å². The van der Waals surface area contributed by atoms with Gasteiger partial charge in [-0.1, -0.05) is 31.9 Å². The number of unbranched alkanes of at least 4 members (excludes halogenated alkanes) is 2. The minimum atomic E-state index is -0.569. The fourth-order valence-electron chi connectivity index (χ4n) is 1.45. The molecule has 0 unspecified atom stereocenters. The van der Waals surface area contributed by atoms with Gasteiger partial charge in [-0.15, -0.1) is 0 Å². The van der Waals surface area contributed by atoms with Gasteiger partial charge >= 0.3 is 0 Å². The van der Waals surface area contributed by atoms with Crippen molar-refractivity contribution in [3.05, 3.63) is 34.9 Å². The summed E-state index contributed by atoms with van der Waals surface area (Å²) in [6.07, 6.45) is 4.40. The van der Waals surface area contributed by atoms with Crippen LogP contribution in [0.25, 0.3) is 0 Å². The quantitative estimate of drug-likeness (QED) is 0.619. The maximum absolute atomic E-state index is 10.8. The lowest BCUT2D eigenvalue weighted by molar-refractivity contribution is 0.0993. The van der Waals surface area contributed by atoms with Crippen LogP contribution in [0.3, 0.4) is 0 Å². The molecule has 0 saturated carbocycles. The van der Waals surface area contributed by atoms with Crippen molar-refractivity contribution in [2.75, 3.05) is 6.54 Å². The third-order valence-electron chi connectivity index (χ3n) is 2.52. The topological polar surface area (TPSA) is 86.2 Å². The van der Waals surface area contributed by atoms with Crippen LogP contribution in [0.4, 0.5) is 0 Å². The van der Waals surface area contributed by atoms with E-state index in [1.54, 1.807) is 25.1 Å². The average Bonchev–Trinajstić information content (AvgIpc) is 2.36. The van der Waals surface area contributed by atoms with Gasteiger partial charge in [-0.05, 0) is 31.5 Å². The molecule has 4 N–H and O–H groups in total. The summed E-state index contributed by atoms with van der Waals surface area (Å²) in [6, 6.07) is 5.00. The molecule has 0 aliphatic heterocycles. The van der Waals surface area contributed by atoms with E-state index >= 15 is 0 Å². The Kier molecular flexibility index (Phi) is 8.49. The molecule has 0 radical (unpaired) electrons. The Morgan fingerprint density at radius 1 is 1.33 bits per heavy atom. The highest BCUT2D eigenvalue weighted by Crippen LogP contribution is 2.10. The number of aldehydes is 1. The van der Waals surface area contributed by atoms with Gasteiger partial charge < -0.3 is 11.5 Å². The van der Waals surface area contributed by atoms with E-state index in [4.69, 9.17) is 11.5 Å². The molecule has 4 heteroatoms. The van der Waals surface area contributed by atoms with Crippen molar-refractivity contribution in [3.8, 4) is 0 Å². The number of hydrogen-bond donors (Lipinski definition) is 2. The monoisotopic (exact) mass is 250 g/mol. The number of amides is 1. The van der Waals surface area contributed by atoms with Crippen molar-refractivity contribution in [2.24, 2.45) is 11.5 Å². The minimum Gasteiger partial charge on any atom is -0.366 e. The molecule has 4 nitrogen and oxygen atoms in total. The first kappa shape index (κ1) is 16.3. The van der Waals surface area contributed by atoms with E-state index in [1.165, 1.54) is 19.3 Å². The number of hydrogen-bond acceptors (Lipinski definition) is 3. The van der Waals surface area contributed by atoms with Gasteiger partial charge in [0, 0.05) is 11.1 Å². The van der Waals surface area contributed by atoms with E-state index in [2.05, 4.69) is 6.92 Å². The first-order chi connectivity index (χ1) is 8.58. The van der Waals surface area contributed by atoms with Gasteiger partial charge in [0.05, 0.1) is 0 Å². The van der Waals surface area contributed by atoms with Gasteiger partial charge in [-0.25, -0.2) is 0 Å². The van der Waals surface area contributed by atoms with E-state index < -0.39 is 5.91 Å². The first-order valence-corrected chi connectivity index (χ1v) is 6.13. The third-order valence-corrected chi connectivity index (χ3v) is 2.52. The predicted molar refractivity (Wildman–Crippen MR) is 73.7 cm³/mol. The normalized spacial score (nSPS) is 9.28. The lowest BCUT2D eigenvalue weighted by Gasteiger charge is -2.02. The molecule has 1 aromatic rings. The molecule has 0 heterocycles. The van der Waals surface area contributed by atoms with Gasteiger partial charge in [0.15, 0.2) is 6.29 Å². The van der Waals surface area contributed by atoms with Crippen LogP contribution in [-0.4, -0.2) is 18.7 Å². The van der Waals surface area contributed by atoms with Crippen LogP contribution in [0.5, 0.6) is 0 Å². The minimum absolute atomic E-state index is 0.282. The summed E-state index contributed by atoms with van der Waals surface area (Å²) in [5, 5.41) is 0. The van der Waals surface area contributed by atoms with Crippen LogP contribution >= 0.6 is 0 Å². The first-order valence-electron chi connectivity index (χ1n) is 6.13. The van der Waals surface area contributed by atoms with Crippen molar-refractivity contribution in [2.45, 2.75) is 33.1 Å². The number of carbonyl (C=O) groups excluding carboxylic acids is 2. The Hall–Kier alpha value is -1.68. The van der Waals surface area contributed by atoms with Crippen molar-refractivity contribution in [1.29, 1.82) is 0 Å². The molecular weight excluding hydrogens is 228 g/mol. The summed E-state index contributed by atoms with van der Waals surface area (Å²) in [5.74, 6) is -0.569. The van der Waals surface area contributed by atoms with E-state index in [9.17, 15) is 9.59 Å². The van der Waals surface area contributed by atoms with Crippen molar-refractivity contribution >= 4 is 12.2 Å². The standard InChI is InChI=1S/C9H9NO2.C5H13N/c1-6-3-2-4-7(9(10)12)8(6)5-11;1-2-3-4-5-6/h2-5H,1H3,(H2,10,12);2-6H2,1H3. The summed E-state index contributed by atoms with van der Waals surface area (Å²) in [7, 11) is 0. The van der Waals surface area contributed by atoms with Crippen LogP contribution in [0.15, 0.2) is 18.2 Å². The molecule has 0 saturated heterocycles. The lowest BCUT2D eigenvalue weighted by atomic mass is 10.0. The summed E-state index contributed by atoms with van der Waals surface area (Å²) < 4.78 is 0. The highest BCUT2D eigenvalue weighted by Gasteiger charge is 2.08. The predicted octanol–water partition coefficient (Wildman–Crippen LogP) is 2.04. The maximum atomic E-state index is 10.8. The molecule has 0 atom stereocenters. The van der Waals surface area contributed by atoms with E-state index in [0.717, 1.165) is 12.1 Å². The Balaban J connectivity index is 0.000000411. The molecule has 0 fully saturated rings. The summed E-state index contributed by atoms with van der Waals surface area (Å²) in [5.41, 5.74) is 11.7. The zero-order chi connectivity index (χ0) is 14.0. The van der Waals surface area contributed by atoms with Gasteiger partial charge in [0.25, 0.3) is 0 Å². The fraction of sp³-hybridized carbons (Fsp3) is 0.429. The zero-order valence-corrected chi connectivity index (χ0v) is 11.1. The second-order valence-electron chi connectivity index (χ2n) is 4.01. The molecule has 18 heavy (non-hydrogen) atoms. The Morgan fingerprint density at radius 3 is 2.33 bits per heavy atom. The third kappa shape index (κ3) is 5.59. The van der Waals surface area contributed by atoms with Crippen LogP contribution < -0.4 is 11.5 Å². The van der Waals surface area contributed by atoms with Gasteiger partial charge in [-0.3, -0.25) is 9.59 Å². The lowest BCUT2D eigenvalue weighted by Crippen LogP contribution is -2.14. The Labute approximate surface area is 108 Å². The molecule has 100 valence electrons. The number of primary amides is 1.